The zero-order chi connectivity index (χ0) is 13.5. The summed E-state index contributed by atoms with van der Waals surface area (Å²) in [7, 11) is 0. The molecule has 1 aromatic heterocycles. The van der Waals surface area contributed by atoms with Gasteiger partial charge in [-0.05, 0) is 58.3 Å². The van der Waals surface area contributed by atoms with E-state index < -0.39 is 0 Å². The molecule has 0 aliphatic carbocycles. The summed E-state index contributed by atoms with van der Waals surface area (Å²) < 4.78 is 0. The van der Waals surface area contributed by atoms with Crippen LogP contribution >= 0.6 is 0 Å². The van der Waals surface area contributed by atoms with E-state index in [0.717, 1.165) is 18.1 Å². The van der Waals surface area contributed by atoms with Gasteiger partial charge in [-0.15, -0.1) is 0 Å². The molecular weight excluding hydrogens is 236 g/mol. The van der Waals surface area contributed by atoms with Gasteiger partial charge in [0.2, 0.25) is 0 Å². The summed E-state index contributed by atoms with van der Waals surface area (Å²) >= 11 is 0. The lowest BCUT2D eigenvalue weighted by Crippen LogP contribution is -2.31. The van der Waals surface area contributed by atoms with Gasteiger partial charge in [0.25, 0.3) is 0 Å². The number of likely N-dealkylation sites (tertiary alicyclic amines) is 1. The van der Waals surface area contributed by atoms with Crippen molar-refractivity contribution in [1.29, 1.82) is 0 Å². The van der Waals surface area contributed by atoms with Crippen LogP contribution in [0.15, 0.2) is 12.3 Å². The van der Waals surface area contributed by atoms with Crippen molar-refractivity contribution in [3.8, 4) is 0 Å². The highest BCUT2D eigenvalue weighted by Gasteiger charge is 2.15. The molecule has 0 amide bonds. The van der Waals surface area contributed by atoms with Gasteiger partial charge in [0.1, 0.15) is 5.82 Å². The van der Waals surface area contributed by atoms with E-state index in [2.05, 4.69) is 27.1 Å². The van der Waals surface area contributed by atoms with Crippen LogP contribution in [-0.4, -0.2) is 40.5 Å². The summed E-state index contributed by atoms with van der Waals surface area (Å²) in [6, 6.07) is 2.64. The average Bonchev–Trinajstić information content (AvgIpc) is 2.63. The molecule has 4 heteroatoms. The van der Waals surface area contributed by atoms with E-state index in [0.29, 0.717) is 6.04 Å². The van der Waals surface area contributed by atoms with Gasteiger partial charge in [-0.3, -0.25) is 0 Å². The lowest BCUT2D eigenvalue weighted by atomic mass is 10.1. The Labute approximate surface area is 116 Å². The van der Waals surface area contributed by atoms with Gasteiger partial charge in [-0.1, -0.05) is 6.92 Å². The van der Waals surface area contributed by atoms with Crippen molar-refractivity contribution in [3.63, 3.8) is 0 Å². The van der Waals surface area contributed by atoms with Gasteiger partial charge in [0, 0.05) is 18.8 Å². The van der Waals surface area contributed by atoms with Crippen molar-refractivity contribution in [2.24, 2.45) is 0 Å². The van der Waals surface area contributed by atoms with Crippen LogP contribution in [0.5, 0.6) is 0 Å². The van der Waals surface area contributed by atoms with Crippen molar-refractivity contribution >= 4 is 0 Å². The summed E-state index contributed by atoms with van der Waals surface area (Å²) in [6.07, 6.45) is 6.95. The van der Waals surface area contributed by atoms with Crippen LogP contribution in [0, 0.1) is 6.92 Å². The Morgan fingerprint density at radius 1 is 1.37 bits per heavy atom. The third-order valence-corrected chi connectivity index (χ3v) is 3.77. The molecule has 1 saturated heterocycles. The minimum absolute atomic E-state index is 0.636. The smallest absolute Gasteiger partial charge is 0.125 e. The highest BCUT2D eigenvalue weighted by molar-refractivity contribution is 5.01. The summed E-state index contributed by atoms with van der Waals surface area (Å²) in [4.78, 5) is 11.2. The first-order valence-electron chi connectivity index (χ1n) is 7.52. The van der Waals surface area contributed by atoms with Gasteiger partial charge in [0.15, 0.2) is 0 Å². The van der Waals surface area contributed by atoms with E-state index in [1.807, 2.05) is 19.2 Å². The molecular formula is C15H26N4. The maximum atomic E-state index is 4.44. The summed E-state index contributed by atoms with van der Waals surface area (Å²) in [5.41, 5.74) is 1.10. The van der Waals surface area contributed by atoms with Crippen LogP contribution in [0.25, 0.3) is 0 Å². The lowest BCUT2D eigenvalue weighted by Gasteiger charge is -2.19. The summed E-state index contributed by atoms with van der Waals surface area (Å²) in [5, 5.41) is 3.65. The highest BCUT2D eigenvalue weighted by Crippen LogP contribution is 2.12. The molecule has 1 fully saturated rings. The van der Waals surface area contributed by atoms with E-state index in [9.17, 15) is 0 Å². The Hall–Kier alpha value is -1.00. The van der Waals surface area contributed by atoms with Crippen LogP contribution < -0.4 is 5.32 Å². The number of hydrogen-bond acceptors (Lipinski definition) is 4. The zero-order valence-electron chi connectivity index (χ0n) is 12.2. The van der Waals surface area contributed by atoms with Crippen molar-refractivity contribution in [2.45, 2.75) is 52.1 Å². The van der Waals surface area contributed by atoms with Crippen LogP contribution in [0.2, 0.25) is 0 Å². The molecule has 0 saturated carbocycles. The molecule has 0 bridgehead atoms. The number of hydrogen-bond donors (Lipinski definition) is 1. The molecule has 1 unspecified atom stereocenters. The molecule has 1 N–H and O–H groups in total. The van der Waals surface area contributed by atoms with Crippen LogP contribution in [-0.2, 0) is 6.54 Å². The third kappa shape index (κ3) is 4.88. The molecule has 2 rings (SSSR count). The van der Waals surface area contributed by atoms with Crippen molar-refractivity contribution in [1.82, 2.24) is 20.2 Å². The molecule has 1 aromatic rings. The van der Waals surface area contributed by atoms with Crippen LogP contribution in [0.1, 0.15) is 44.1 Å². The molecule has 0 aromatic carbocycles. The quantitative estimate of drug-likeness (QED) is 0.882. The van der Waals surface area contributed by atoms with Crippen molar-refractivity contribution < 1.29 is 0 Å². The first kappa shape index (κ1) is 14.4. The lowest BCUT2D eigenvalue weighted by molar-refractivity contribution is 0.282. The van der Waals surface area contributed by atoms with E-state index in [1.165, 1.54) is 45.3 Å². The molecule has 2 heterocycles. The number of nitrogens with one attached hydrogen (secondary N) is 1. The SMILES string of the molecule is CCCN1CCCC(NCc2ccnc(C)n2)CC1. The fourth-order valence-corrected chi connectivity index (χ4v) is 2.75. The highest BCUT2D eigenvalue weighted by atomic mass is 15.1. The fraction of sp³-hybridized carbons (Fsp3) is 0.733. The van der Waals surface area contributed by atoms with Gasteiger partial charge >= 0.3 is 0 Å². The first-order valence-corrected chi connectivity index (χ1v) is 7.52. The van der Waals surface area contributed by atoms with Gasteiger partial charge in [-0.2, -0.15) is 0 Å². The van der Waals surface area contributed by atoms with Crippen LogP contribution in [0.4, 0.5) is 0 Å². The Morgan fingerprint density at radius 3 is 3.05 bits per heavy atom. The number of aromatic nitrogens is 2. The van der Waals surface area contributed by atoms with E-state index in [1.54, 1.807) is 0 Å². The second kappa shape index (κ2) is 7.56. The number of rotatable bonds is 5. The largest absolute Gasteiger partial charge is 0.308 e. The van der Waals surface area contributed by atoms with Crippen molar-refractivity contribution in [3.05, 3.63) is 23.8 Å². The monoisotopic (exact) mass is 262 g/mol. The third-order valence-electron chi connectivity index (χ3n) is 3.77. The minimum atomic E-state index is 0.636. The van der Waals surface area contributed by atoms with Crippen molar-refractivity contribution in [2.75, 3.05) is 19.6 Å². The maximum Gasteiger partial charge on any atom is 0.125 e. The number of aryl methyl sites for hydroxylation is 1. The predicted octanol–water partition coefficient (Wildman–Crippen LogP) is 2.14. The Balaban J connectivity index is 1.77. The minimum Gasteiger partial charge on any atom is -0.308 e. The Kier molecular flexibility index (Phi) is 5.73. The first-order chi connectivity index (χ1) is 9.28. The second-order valence-electron chi connectivity index (χ2n) is 5.45. The van der Waals surface area contributed by atoms with E-state index in [4.69, 9.17) is 0 Å². The molecule has 19 heavy (non-hydrogen) atoms. The standard InChI is InChI=1S/C15H26N4/c1-3-9-19-10-4-5-14(7-11-19)17-12-15-6-8-16-13(2)18-15/h6,8,14,17H,3-5,7,9-12H2,1-2H3. The average molecular weight is 262 g/mol. The summed E-state index contributed by atoms with van der Waals surface area (Å²) in [5.74, 6) is 0.856. The van der Waals surface area contributed by atoms with E-state index in [-0.39, 0.29) is 0 Å². The molecule has 4 nitrogen and oxygen atoms in total. The van der Waals surface area contributed by atoms with E-state index >= 15 is 0 Å². The predicted molar refractivity (Wildman–Crippen MR) is 78.0 cm³/mol. The molecule has 1 atom stereocenters. The fourth-order valence-electron chi connectivity index (χ4n) is 2.75. The zero-order valence-corrected chi connectivity index (χ0v) is 12.2. The van der Waals surface area contributed by atoms with Crippen LogP contribution in [0.3, 0.4) is 0 Å². The number of nitrogens with zero attached hydrogens (tertiary/aromatic N) is 3. The molecule has 0 radical (unpaired) electrons. The maximum absolute atomic E-state index is 4.44. The van der Waals surface area contributed by atoms with Gasteiger partial charge in [-0.25, -0.2) is 9.97 Å². The summed E-state index contributed by atoms with van der Waals surface area (Å²) in [6.45, 7) is 8.81. The van der Waals surface area contributed by atoms with Gasteiger partial charge < -0.3 is 10.2 Å². The topological polar surface area (TPSA) is 41.0 Å². The second-order valence-corrected chi connectivity index (χ2v) is 5.45. The molecule has 0 spiro atoms. The van der Waals surface area contributed by atoms with Gasteiger partial charge in [0.05, 0.1) is 5.69 Å². The molecule has 1 aliphatic heterocycles. The Morgan fingerprint density at radius 2 is 2.26 bits per heavy atom. The molecule has 1 aliphatic rings. The Bertz CT molecular complexity index is 380. The molecule has 106 valence electrons. The normalized spacial score (nSPS) is 21.3.